The monoisotopic (exact) mass is 253 g/mol. The molecule has 0 spiro atoms. The molecule has 0 aromatic heterocycles. The molecular formula is C8H15NO4S2. The van der Waals surface area contributed by atoms with Crippen molar-refractivity contribution >= 4 is 27.8 Å². The first-order chi connectivity index (χ1) is 6.99. The van der Waals surface area contributed by atoms with Gasteiger partial charge < -0.3 is 5.11 Å². The highest BCUT2D eigenvalue weighted by molar-refractivity contribution is 8.00. The molecule has 0 bridgehead atoms. The van der Waals surface area contributed by atoms with Gasteiger partial charge in [0, 0.05) is 5.75 Å². The summed E-state index contributed by atoms with van der Waals surface area (Å²) >= 11 is 1.34. The van der Waals surface area contributed by atoms with E-state index < -0.39 is 22.0 Å². The fourth-order valence-corrected chi connectivity index (χ4v) is 4.75. The van der Waals surface area contributed by atoms with Crippen LogP contribution in [0.1, 0.15) is 19.8 Å². The summed E-state index contributed by atoms with van der Waals surface area (Å²) in [6, 6.07) is -0.878. The maximum absolute atomic E-state index is 11.8. The minimum absolute atomic E-state index is 0.0494. The van der Waals surface area contributed by atoms with Gasteiger partial charge in [0.25, 0.3) is 0 Å². The Morgan fingerprint density at radius 2 is 2.27 bits per heavy atom. The van der Waals surface area contributed by atoms with Crippen LogP contribution in [0.25, 0.3) is 0 Å². The van der Waals surface area contributed by atoms with Crippen molar-refractivity contribution in [3.8, 4) is 0 Å². The number of carbonyl (C=O) groups is 1. The van der Waals surface area contributed by atoms with Gasteiger partial charge in [0.05, 0.1) is 11.6 Å². The van der Waals surface area contributed by atoms with Crippen LogP contribution in [0.15, 0.2) is 0 Å². The van der Waals surface area contributed by atoms with E-state index in [0.29, 0.717) is 12.2 Å². The van der Waals surface area contributed by atoms with Gasteiger partial charge in [-0.05, 0) is 6.42 Å². The number of aliphatic carboxylic acids is 1. The van der Waals surface area contributed by atoms with E-state index in [4.69, 9.17) is 5.11 Å². The van der Waals surface area contributed by atoms with Crippen molar-refractivity contribution in [3.05, 3.63) is 0 Å². The number of carboxylic acids is 1. The lowest BCUT2D eigenvalue weighted by molar-refractivity contribution is -0.140. The van der Waals surface area contributed by atoms with Crippen LogP contribution in [0.2, 0.25) is 0 Å². The summed E-state index contributed by atoms with van der Waals surface area (Å²) in [5.74, 6) is -0.391. The standard InChI is InChI=1S/C8H15NO4S2/c1-2-3-4-15(12,13)9-6-14-5-7(9)8(10)11/h7H,2-6H2,1H3,(H,10,11). The zero-order valence-electron chi connectivity index (χ0n) is 8.55. The maximum atomic E-state index is 11.8. The zero-order valence-corrected chi connectivity index (χ0v) is 10.2. The van der Waals surface area contributed by atoms with Gasteiger partial charge in [-0.3, -0.25) is 4.79 Å². The molecule has 0 aliphatic carbocycles. The molecule has 0 amide bonds. The molecule has 1 heterocycles. The Kier molecular flexibility index (Phi) is 4.42. The molecule has 1 unspecified atom stereocenters. The summed E-state index contributed by atoms with van der Waals surface area (Å²) in [6.07, 6.45) is 1.37. The van der Waals surface area contributed by atoms with E-state index in [0.717, 1.165) is 10.7 Å². The van der Waals surface area contributed by atoms with Gasteiger partial charge in [0.15, 0.2) is 0 Å². The fourth-order valence-electron chi connectivity index (χ4n) is 1.34. The average Bonchev–Trinajstić information content (AvgIpc) is 2.63. The topological polar surface area (TPSA) is 74.7 Å². The van der Waals surface area contributed by atoms with Crippen molar-refractivity contribution in [2.75, 3.05) is 17.4 Å². The van der Waals surface area contributed by atoms with E-state index in [9.17, 15) is 13.2 Å². The highest BCUT2D eigenvalue weighted by Crippen LogP contribution is 2.24. The summed E-state index contributed by atoms with van der Waals surface area (Å²) in [4.78, 5) is 10.8. The summed E-state index contributed by atoms with van der Waals surface area (Å²) in [6.45, 7) is 1.91. The lowest BCUT2D eigenvalue weighted by Crippen LogP contribution is -2.42. The number of hydrogen-bond donors (Lipinski definition) is 1. The van der Waals surface area contributed by atoms with Gasteiger partial charge in [-0.25, -0.2) is 8.42 Å². The van der Waals surface area contributed by atoms with Crippen LogP contribution in [0.5, 0.6) is 0 Å². The molecule has 7 heteroatoms. The van der Waals surface area contributed by atoms with Gasteiger partial charge in [0.2, 0.25) is 10.0 Å². The van der Waals surface area contributed by atoms with Crippen LogP contribution in [0, 0.1) is 0 Å². The van der Waals surface area contributed by atoms with Gasteiger partial charge >= 0.3 is 5.97 Å². The number of thioether (sulfide) groups is 1. The molecule has 1 rings (SSSR count). The third kappa shape index (κ3) is 3.09. The van der Waals surface area contributed by atoms with E-state index in [2.05, 4.69) is 0 Å². The predicted octanol–water partition coefficient (Wildman–Crippen LogP) is 0.576. The van der Waals surface area contributed by atoms with Crippen molar-refractivity contribution in [1.29, 1.82) is 0 Å². The van der Waals surface area contributed by atoms with Crippen LogP contribution < -0.4 is 0 Å². The molecule has 5 nitrogen and oxygen atoms in total. The normalized spacial score (nSPS) is 23.1. The number of carboxylic acid groups (broad SMARTS) is 1. The van der Waals surface area contributed by atoms with E-state index in [1.54, 1.807) is 0 Å². The van der Waals surface area contributed by atoms with Crippen molar-refractivity contribution in [1.82, 2.24) is 4.31 Å². The summed E-state index contributed by atoms with van der Waals surface area (Å²) < 4.78 is 24.6. The van der Waals surface area contributed by atoms with Crippen molar-refractivity contribution < 1.29 is 18.3 Å². The van der Waals surface area contributed by atoms with Crippen LogP contribution in [0.4, 0.5) is 0 Å². The number of sulfonamides is 1. The average molecular weight is 253 g/mol. The minimum atomic E-state index is -3.38. The number of unbranched alkanes of at least 4 members (excludes halogenated alkanes) is 1. The Morgan fingerprint density at radius 3 is 2.80 bits per heavy atom. The predicted molar refractivity (Wildman–Crippen MR) is 59.3 cm³/mol. The highest BCUT2D eigenvalue weighted by Gasteiger charge is 2.38. The van der Waals surface area contributed by atoms with E-state index in [1.807, 2.05) is 6.92 Å². The Hall–Kier alpha value is -0.270. The minimum Gasteiger partial charge on any atom is -0.480 e. The molecule has 15 heavy (non-hydrogen) atoms. The zero-order chi connectivity index (χ0) is 11.5. The molecule has 1 saturated heterocycles. The maximum Gasteiger partial charge on any atom is 0.322 e. The largest absolute Gasteiger partial charge is 0.480 e. The lowest BCUT2D eigenvalue weighted by atomic mass is 10.4. The second-order valence-corrected chi connectivity index (χ2v) is 6.45. The molecule has 0 aromatic rings. The molecule has 0 saturated carbocycles. The third-order valence-electron chi connectivity index (χ3n) is 2.24. The molecule has 88 valence electrons. The molecule has 0 radical (unpaired) electrons. The van der Waals surface area contributed by atoms with Gasteiger partial charge in [-0.15, -0.1) is 11.8 Å². The van der Waals surface area contributed by atoms with Crippen LogP contribution in [-0.2, 0) is 14.8 Å². The van der Waals surface area contributed by atoms with Gasteiger partial charge in [-0.2, -0.15) is 4.31 Å². The quantitative estimate of drug-likeness (QED) is 0.775. The fraction of sp³-hybridized carbons (Fsp3) is 0.875. The molecule has 0 aromatic carbocycles. The summed E-state index contributed by atoms with van der Waals surface area (Å²) in [5.41, 5.74) is 0. The molecule has 1 aliphatic rings. The van der Waals surface area contributed by atoms with Crippen LogP contribution in [0.3, 0.4) is 0 Å². The van der Waals surface area contributed by atoms with Crippen molar-refractivity contribution in [3.63, 3.8) is 0 Å². The molecule has 1 aliphatic heterocycles. The Balaban J connectivity index is 2.73. The molecule has 1 fully saturated rings. The van der Waals surface area contributed by atoms with E-state index >= 15 is 0 Å². The number of nitrogens with zero attached hydrogens (tertiary/aromatic N) is 1. The third-order valence-corrected chi connectivity index (χ3v) is 5.32. The number of hydrogen-bond acceptors (Lipinski definition) is 4. The molecular weight excluding hydrogens is 238 g/mol. The lowest BCUT2D eigenvalue weighted by Gasteiger charge is -2.19. The number of rotatable bonds is 5. The van der Waals surface area contributed by atoms with Crippen LogP contribution >= 0.6 is 11.8 Å². The SMILES string of the molecule is CCCCS(=O)(=O)N1CSCC1C(=O)O. The Labute approximate surface area is 93.9 Å². The molecule has 1 atom stereocenters. The first kappa shape index (κ1) is 12.8. The Morgan fingerprint density at radius 1 is 1.60 bits per heavy atom. The second-order valence-electron chi connectivity index (χ2n) is 3.41. The smallest absolute Gasteiger partial charge is 0.322 e. The first-order valence-corrected chi connectivity index (χ1v) is 7.55. The van der Waals surface area contributed by atoms with Gasteiger partial charge in [-0.1, -0.05) is 13.3 Å². The Bertz CT molecular complexity index is 328. The summed E-state index contributed by atoms with van der Waals surface area (Å²) in [5, 5.41) is 8.85. The van der Waals surface area contributed by atoms with Crippen LogP contribution in [-0.4, -0.2) is 47.2 Å². The van der Waals surface area contributed by atoms with Crippen molar-refractivity contribution in [2.45, 2.75) is 25.8 Å². The summed E-state index contributed by atoms with van der Waals surface area (Å²) in [7, 11) is -3.38. The van der Waals surface area contributed by atoms with Gasteiger partial charge in [0.1, 0.15) is 6.04 Å². The molecule has 1 N–H and O–H groups in total. The van der Waals surface area contributed by atoms with E-state index in [-0.39, 0.29) is 11.6 Å². The highest BCUT2D eigenvalue weighted by atomic mass is 32.2. The second kappa shape index (κ2) is 5.18. The first-order valence-electron chi connectivity index (χ1n) is 4.79. The van der Waals surface area contributed by atoms with Crippen molar-refractivity contribution in [2.24, 2.45) is 0 Å². The van der Waals surface area contributed by atoms with E-state index in [1.165, 1.54) is 11.8 Å².